The van der Waals surface area contributed by atoms with Crippen LogP contribution >= 0.6 is 11.6 Å². The van der Waals surface area contributed by atoms with E-state index in [0.717, 1.165) is 4.68 Å². The van der Waals surface area contributed by atoms with Crippen LogP contribution in [0.5, 0.6) is 5.75 Å². The van der Waals surface area contributed by atoms with E-state index in [2.05, 4.69) is 10.4 Å². The van der Waals surface area contributed by atoms with Crippen molar-refractivity contribution in [3.05, 3.63) is 51.3 Å². The molecule has 2 aromatic rings. The molecule has 3 rings (SSSR count). The highest BCUT2D eigenvalue weighted by Gasteiger charge is 2.25. The van der Waals surface area contributed by atoms with Gasteiger partial charge in [0.1, 0.15) is 22.9 Å². The Morgan fingerprint density at radius 1 is 1.33 bits per heavy atom. The molecule has 0 saturated carbocycles. The first-order valence-electron chi connectivity index (χ1n) is 8.43. The summed E-state index contributed by atoms with van der Waals surface area (Å²) in [5.74, 6) is 0.800. The van der Waals surface area contributed by atoms with Crippen LogP contribution in [0.25, 0.3) is 0 Å². The molecule has 1 aliphatic heterocycles. The number of benzene rings is 1. The van der Waals surface area contributed by atoms with Crippen LogP contribution in [0, 0.1) is 11.3 Å². The summed E-state index contributed by atoms with van der Waals surface area (Å²) in [6.45, 7) is 1.02. The number of halogens is 1. The summed E-state index contributed by atoms with van der Waals surface area (Å²) in [4.78, 5) is 25.4. The summed E-state index contributed by atoms with van der Waals surface area (Å²) in [5, 5.41) is 16.0. The number of nitrogens with zero attached hydrogens (tertiary/aromatic N) is 4. The molecular formula is C18H18ClN5O3. The molecule has 1 aromatic carbocycles. The Morgan fingerprint density at radius 2 is 2.07 bits per heavy atom. The van der Waals surface area contributed by atoms with Crippen LogP contribution in [0.4, 0.5) is 10.6 Å². The van der Waals surface area contributed by atoms with Crippen molar-refractivity contribution in [2.24, 2.45) is 7.05 Å². The number of carbonyl (C=O) groups excluding carboxylic acids is 1. The Hall–Kier alpha value is -3.05. The van der Waals surface area contributed by atoms with E-state index in [1.807, 2.05) is 6.07 Å². The maximum Gasteiger partial charge on any atom is 0.323 e. The highest BCUT2D eigenvalue weighted by atomic mass is 35.5. The molecule has 140 valence electrons. The summed E-state index contributed by atoms with van der Waals surface area (Å²) >= 11 is 6.17. The predicted molar refractivity (Wildman–Crippen MR) is 99.9 cm³/mol. The minimum absolute atomic E-state index is 0.0869. The van der Waals surface area contributed by atoms with Crippen LogP contribution in [0.3, 0.4) is 0 Å². The van der Waals surface area contributed by atoms with Crippen molar-refractivity contribution in [1.29, 1.82) is 5.26 Å². The van der Waals surface area contributed by atoms with Gasteiger partial charge in [0.25, 0.3) is 5.56 Å². The molecule has 1 N–H and O–H groups in total. The molecule has 0 bridgehead atoms. The van der Waals surface area contributed by atoms with Crippen molar-refractivity contribution in [3.63, 3.8) is 0 Å². The Balaban J connectivity index is 1.55. The van der Waals surface area contributed by atoms with Gasteiger partial charge in [-0.25, -0.2) is 9.48 Å². The lowest BCUT2D eigenvalue weighted by molar-refractivity contribution is 0.115. The van der Waals surface area contributed by atoms with Gasteiger partial charge >= 0.3 is 6.03 Å². The highest BCUT2D eigenvalue weighted by molar-refractivity contribution is 6.33. The van der Waals surface area contributed by atoms with Gasteiger partial charge in [0.2, 0.25) is 0 Å². The molecule has 0 aliphatic carbocycles. The first kappa shape index (κ1) is 18.7. The molecule has 9 heteroatoms. The Labute approximate surface area is 160 Å². The number of urea groups is 1. The van der Waals surface area contributed by atoms with Crippen molar-refractivity contribution in [2.75, 3.05) is 18.4 Å². The number of rotatable bonds is 3. The van der Waals surface area contributed by atoms with Crippen molar-refractivity contribution in [1.82, 2.24) is 14.7 Å². The van der Waals surface area contributed by atoms with E-state index < -0.39 is 0 Å². The SMILES string of the molecule is Cn1nc(NC(=O)N2CCC(Oc3cccc(C#N)c3Cl)CC2)ccc1=O. The third-order valence-corrected chi connectivity index (χ3v) is 4.69. The maximum atomic E-state index is 12.4. The number of carbonyl (C=O) groups is 1. The molecule has 2 heterocycles. The molecule has 8 nitrogen and oxygen atoms in total. The van der Waals surface area contributed by atoms with E-state index in [9.17, 15) is 9.59 Å². The fraction of sp³-hybridized carbons (Fsp3) is 0.333. The lowest BCUT2D eigenvalue weighted by Crippen LogP contribution is -2.44. The highest BCUT2D eigenvalue weighted by Crippen LogP contribution is 2.30. The summed E-state index contributed by atoms with van der Waals surface area (Å²) in [7, 11) is 1.52. The number of ether oxygens (including phenoxy) is 1. The van der Waals surface area contributed by atoms with Gasteiger partial charge < -0.3 is 9.64 Å². The molecular weight excluding hydrogens is 370 g/mol. The van der Waals surface area contributed by atoms with Crippen molar-refractivity contribution in [2.45, 2.75) is 18.9 Å². The van der Waals surface area contributed by atoms with Crippen LogP contribution in [0.15, 0.2) is 35.1 Å². The Bertz CT molecular complexity index is 945. The van der Waals surface area contributed by atoms with Gasteiger partial charge in [0.05, 0.1) is 5.56 Å². The Kier molecular flexibility index (Phi) is 5.62. The molecule has 1 saturated heterocycles. The fourth-order valence-electron chi connectivity index (χ4n) is 2.80. The summed E-state index contributed by atoms with van der Waals surface area (Å²) in [6.07, 6.45) is 1.19. The minimum Gasteiger partial charge on any atom is -0.489 e. The zero-order valence-electron chi connectivity index (χ0n) is 14.7. The number of amides is 2. The number of aryl methyl sites for hydroxylation is 1. The monoisotopic (exact) mass is 387 g/mol. The smallest absolute Gasteiger partial charge is 0.323 e. The van der Waals surface area contributed by atoms with Gasteiger partial charge in [-0.15, -0.1) is 0 Å². The fourth-order valence-corrected chi connectivity index (χ4v) is 3.01. The van der Waals surface area contributed by atoms with Crippen molar-refractivity contribution in [3.8, 4) is 11.8 Å². The van der Waals surface area contributed by atoms with Crippen LogP contribution in [-0.4, -0.2) is 39.9 Å². The van der Waals surface area contributed by atoms with Gasteiger partial charge in [0.15, 0.2) is 5.82 Å². The van der Waals surface area contributed by atoms with Crippen LogP contribution in [0.1, 0.15) is 18.4 Å². The van der Waals surface area contributed by atoms with E-state index in [4.69, 9.17) is 21.6 Å². The number of aromatic nitrogens is 2. The molecule has 0 spiro atoms. The van der Waals surface area contributed by atoms with E-state index >= 15 is 0 Å². The second-order valence-electron chi connectivity index (χ2n) is 6.14. The largest absolute Gasteiger partial charge is 0.489 e. The van der Waals surface area contributed by atoms with Gasteiger partial charge in [-0.3, -0.25) is 10.1 Å². The number of piperidine rings is 1. The second-order valence-corrected chi connectivity index (χ2v) is 6.52. The number of hydrogen-bond donors (Lipinski definition) is 1. The lowest BCUT2D eigenvalue weighted by atomic mass is 10.1. The normalized spacial score (nSPS) is 14.5. The minimum atomic E-state index is -0.274. The standard InChI is InChI=1S/C18H18ClN5O3/c1-23-16(25)6-5-15(22-23)21-18(26)24-9-7-13(8-10-24)27-14-4-2-3-12(11-20)17(14)19/h2-6,13H,7-10H2,1H3,(H,21,22,26). The van der Waals surface area contributed by atoms with Crippen molar-refractivity contribution < 1.29 is 9.53 Å². The zero-order valence-corrected chi connectivity index (χ0v) is 15.4. The summed E-state index contributed by atoms with van der Waals surface area (Å²) in [6, 6.07) is 9.66. The molecule has 1 aromatic heterocycles. The summed E-state index contributed by atoms with van der Waals surface area (Å²) < 4.78 is 7.07. The molecule has 27 heavy (non-hydrogen) atoms. The third-order valence-electron chi connectivity index (χ3n) is 4.30. The maximum absolute atomic E-state index is 12.4. The number of likely N-dealkylation sites (tertiary alicyclic amines) is 1. The zero-order chi connectivity index (χ0) is 19.4. The first-order chi connectivity index (χ1) is 13.0. The van der Waals surface area contributed by atoms with E-state index in [1.165, 1.54) is 19.2 Å². The van der Waals surface area contributed by atoms with Crippen LogP contribution < -0.4 is 15.6 Å². The molecule has 0 radical (unpaired) electrons. The average Bonchev–Trinajstić information content (AvgIpc) is 2.67. The number of anilines is 1. The number of nitriles is 1. The predicted octanol–water partition coefficient (Wildman–Crippen LogP) is 2.38. The van der Waals surface area contributed by atoms with Gasteiger partial charge in [-0.1, -0.05) is 17.7 Å². The Morgan fingerprint density at radius 3 is 2.74 bits per heavy atom. The first-order valence-corrected chi connectivity index (χ1v) is 8.81. The van der Waals surface area contributed by atoms with Crippen LogP contribution in [0.2, 0.25) is 5.02 Å². The average molecular weight is 388 g/mol. The third kappa shape index (κ3) is 4.38. The molecule has 0 atom stereocenters. The summed E-state index contributed by atoms with van der Waals surface area (Å²) in [5.41, 5.74) is 0.126. The van der Waals surface area contributed by atoms with Gasteiger partial charge in [0, 0.05) is 39.0 Å². The molecule has 1 fully saturated rings. The van der Waals surface area contributed by atoms with E-state index in [-0.39, 0.29) is 17.7 Å². The van der Waals surface area contributed by atoms with Crippen molar-refractivity contribution >= 4 is 23.4 Å². The van der Waals surface area contributed by atoms with E-state index in [1.54, 1.807) is 23.1 Å². The topological polar surface area (TPSA) is 100 Å². The van der Waals surface area contributed by atoms with Crippen LogP contribution in [-0.2, 0) is 7.05 Å². The number of nitrogens with one attached hydrogen (secondary N) is 1. The molecule has 1 aliphatic rings. The second kappa shape index (κ2) is 8.10. The quantitative estimate of drug-likeness (QED) is 0.871. The molecule has 2 amide bonds. The van der Waals surface area contributed by atoms with Gasteiger partial charge in [-0.2, -0.15) is 10.4 Å². The molecule has 0 unspecified atom stereocenters. The van der Waals surface area contributed by atoms with Gasteiger partial charge in [-0.05, 0) is 18.2 Å². The number of hydrogen-bond acceptors (Lipinski definition) is 5. The van der Waals surface area contributed by atoms with E-state index in [0.29, 0.717) is 48.1 Å². The lowest BCUT2D eigenvalue weighted by Gasteiger charge is -2.32.